The fraction of sp³-hybridized carbons (Fsp3) is 0.625. The molecule has 118 valence electrons. The lowest BCUT2D eigenvalue weighted by Crippen LogP contribution is -2.50. The standard InChI is InChI=1S/C16H28N4O/c1-3-21-16-7-6-14(13-15(16)17)5-4-8-18-20-11-9-19(2)10-12-20/h6-7,13,18H,3-5,8-12,17H2,1-2H3. The van der Waals surface area contributed by atoms with E-state index in [2.05, 4.69) is 28.4 Å². The normalized spacial score (nSPS) is 17.0. The van der Waals surface area contributed by atoms with E-state index >= 15 is 0 Å². The van der Waals surface area contributed by atoms with E-state index in [-0.39, 0.29) is 0 Å². The van der Waals surface area contributed by atoms with E-state index < -0.39 is 0 Å². The Labute approximate surface area is 128 Å². The number of likely N-dealkylation sites (N-methyl/N-ethyl adjacent to an activating group) is 1. The number of hydrazine groups is 1. The molecule has 1 aromatic carbocycles. The third-order valence-electron chi connectivity index (χ3n) is 3.85. The number of nitrogens with two attached hydrogens (primary N) is 1. The molecule has 1 aliphatic rings. The Morgan fingerprint density at radius 2 is 2.00 bits per heavy atom. The molecule has 0 atom stereocenters. The third-order valence-corrected chi connectivity index (χ3v) is 3.85. The summed E-state index contributed by atoms with van der Waals surface area (Å²) in [6.07, 6.45) is 2.15. The van der Waals surface area contributed by atoms with Crippen LogP contribution in [0.25, 0.3) is 0 Å². The summed E-state index contributed by atoms with van der Waals surface area (Å²) in [5.74, 6) is 0.789. The molecule has 5 nitrogen and oxygen atoms in total. The van der Waals surface area contributed by atoms with Crippen molar-refractivity contribution in [2.45, 2.75) is 19.8 Å². The summed E-state index contributed by atoms with van der Waals surface area (Å²) in [5, 5.41) is 2.33. The highest BCUT2D eigenvalue weighted by molar-refractivity contribution is 5.54. The van der Waals surface area contributed by atoms with Gasteiger partial charge in [0, 0.05) is 32.7 Å². The largest absolute Gasteiger partial charge is 0.492 e. The average molecular weight is 292 g/mol. The first-order valence-electron chi connectivity index (χ1n) is 7.87. The second-order valence-electron chi connectivity index (χ2n) is 5.61. The van der Waals surface area contributed by atoms with Crippen molar-refractivity contribution >= 4 is 5.69 Å². The number of benzene rings is 1. The predicted octanol–water partition coefficient (Wildman–Crippen LogP) is 1.35. The zero-order valence-electron chi connectivity index (χ0n) is 13.3. The highest BCUT2D eigenvalue weighted by atomic mass is 16.5. The lowest BCUT2D eigenvalue weighted by Gasteiger charge is -2.32. The van der Waals surface area contributed by atoms with E-state index in [4.69, 9.17) is 10.5 Å². The van der Waals surface area contributed by atoms with Gasteiger partial charge in [-0.15, -0.1) is 0 Å². The van der Waals surface area contributed by atoms with Crippen molar-refractivity contribution in [2.24, 2.45) is 0 Å². The van der Waals surface area contributed by atoms with Crippen molar-refractivity contribution in [1.82, 2.24) is 15.3 Å². The molecule has 0 spiro atoms. The predicted molar refractivity (Wildman–Crippen MR) is 87.4 cm³/mol. The zero-order chi connectivity index (χ0) is 15.1. The second-order valence-corrected chi connectivity index (χ2v) is 5.61. The SMILES string of the molecule is CCOc1ccc(CCCNN2CCN(C)CC2)cc1N. The molecule has 1 heterocycles. The van der Waals surface area contributed by atoms with Crippen molar-refractivity contribution in [2.75, 3.05) is 52.1 Å². The monoisotopic (exact) mass is 292 g/mol. The lowest BCUT2D eigenvalue weighted by molar-refractivity contribution is 0.104. The molecule has 3 N–H and O–H groups in total. The molecular weight excluding hydrogens is 264 g/mol. The van der Waals surface area contributed by atoms with Crippen LogP contribution in [0.1, 0.15) is 18.9 Å². The summed E-state index contributed by atoms with van der Waals surface area (Å²) in [4.78, 5) is 2.36. The van der Waals surface area contributed by atoms with Crippen molar-refractivity contribution < 1.29 is 4.74 Å². The van der Waals surface area contributed by atoms with Gasteiger partial charge in [0.2, 0.25) is 0 Å². The number of anilines is 1. The first kappa shape index (κ1) is 16.1. The summed E-state index contributed by atoms with van der Waals surface area (Å²) in [6, 6.07) is 6.11. The van der Waals surface area contributed by atoms with E-state index in [1.807, 2.05) is 19.1 Å². The molecule has 2 rings (SSSR count). The van der Waals surface area contributed by atoms with E-state index in [0.717, 1.165) is 57.0 Å². The Balaban J connectivity index is 1.67. The number of rotatable bonds is 7. The van der Waals surface area contributed by atoms with Gasteiger partial charge in [0.15, 0.2) is 0 Å². The van der Waals surface area contributed by atoms with Gasteiger partial charge in [-0.3, -0.25) is 5.43 Å². The molecular formula is C16H28N4O. The summed E-state index contributed by atoms with van der Waals surface area (Å²) in [5.41, 5.74) is 11.5. The van der Waals surface area contributed by atoms with Crippen LogP contribution in [0.15, 0.2) is 18.2 Å². The van der Waals surface area contributed by atoms with Gasteiger partial charge in [-0.05, 0) is 44.5 Å². The Morgan fingerprint density at radius 1 is 1.24 bits per heavy atom. The van der Waals surface area contributed by atoms with Gasteiger partial charge >= 0.3 is 0 Å². The molecule has 0 radical (unpaired) electrons. The Hall–Kier alpha value is -1.30. The minimum absolute atomic E-state index is 0.651. The highest BCUT2D eigenvalue weighted by Gasteiger charge is 2.12. The van der Waals surface area contributed by atoms with Crippen LogP contribution in [0.5, 0.6) is 5.75 Å². The summed E-state index contributed by atoms with van der Waals surface area (Å²) in [6.45, 7) is 8.12. The van der Waals surface area contributed by atoms with Crippen LogP contribution in [0.2, 0.25) is 0 Å². The first-order valence-corrected chi connectivity index (χ1v) is 7.87. The molecule has 0 bridgehead atoms. The summed E-state index contributed by atoms with van der Waals surface area (Å²) >= 11 is 0. The van der Waals surface area contributed by atoms with E-state index in [1.54, 1.807) is 0 Å². The molecule has 0 unspecified atom stereocenters. The Kier molecular flexibility index (Phi) is 6.29. The number of hydrogen-bond donors (Lipinski definition) is 2. The topological polar surface area (TPSA) is 53.8 Å². The van der Waals surface area contributed by atoms with Gasteiger partial charge in [-0.25, -0.2) is 5.01 Å². The fourth-order valence-corrected chi connectivity index (χ4v) is 2.53. The van der Waals surface area contributed by atoms with Crippen molar-refractivity contribution in [3.8, 4) is 5.75 Å². The highest BCUT2D eigenvalue weighted by Crippen LogP contribution is 2.22. The zero-order valence-corrected chi connectivity index (χ0v) is 13.3. The maximum Gasteiger partial charge on any atom is 0.142 e. The maximum absolute atomic E-state index is 5.99. The number of aryl methyl sites for hydroxylation is 1. The minimum Gasteiger partial charge on any atom is -0.492 e. The smallest absolute Gasteiger partial charge is 0.142 e. The summed E-state index contributed by atoms with van der Waals surface area (Å²) in [7, 11) is 2.17. The molecule has 1 aromatic rings. The van der Waals surface area contributed by atoms with Gasteiger partial charge in [-0.1, -0.05) is 6.07 Å². The van der Waals surface area contributed by atoms with Gasteiger partial charge in [-0.2, -0.15) is 0 Å². The molecule has 1 saturated heterocycles. The van der Waals surface area contributed by atoms with Crippen LogP contribution in [-0.2, 0) is 6.42 Å². The minimum atomic E-state index is 0.651. The number of nitrogen functional groups attached to an aromatic ring is 1. The number of piperazine rings is 1. The molecule has 21 heavy (non-hydrogen) atoms. The van der Waals surface area contributed by atoms with E-state index in [1.165, 1.54) is 5.56 Å². The van der Waals surface area contributed by atoms with E-state index in [9.17, 15) is 0 Å². The average Bonchev–Trinajstić information content (AvgIpc) is 2.48. The van der Waals surface area contributed by atoms with Crippen molar-refractivity contribution in [1.29, 1.82) is 0 Å². The van der Waals surface area contributed by atoms with Crippen LogP contribution in [0, 0.1) is 0 Å². The molecule has 0 aromatic heterocycles. The molecule has 1 aliphatic heterocycles. The van der Waals surface area contributed by atoms with Crippen LogP contribution in [-0.4, -0.2) is 56.3 Å². The lowest BCUT2D eigenvalue weighted by atomic mass is 10.1. The number of hydrogen-bond acceptors (Lipinski definition) is 5. The Bertz CT molecular complexity index is 430. The molecule has 0 saturated carbocycles. The summed E-state index contributed by atoms with van der Waals surface area (Å²) < 4.78 is 5.46. The molecule has 5 heteroatoms. The molecule has 0 amide bonds. The van der Waals surface area contributed by atoms with Crippen LogP contribution < -0.4 is 15.9 Å². The Morgan fingerprint density at radius 3 is 2.67 bits per heavy atom. The van der Waals surface area contributed by atoms with Crippen molar-refractivity contribution in [3.63, 3.8) is 0 Å². The van der Waals surface area contributed by atoms with Crippen LogP contribution >= 0.6 is 0 Å². The van der Waals surface area contributed by atoms with Gasteiger partial charge < -0.3 is 15.4 Å². The fourth-order valence-electron chi connectivity index (χ4n) is 2.53. The second kappa shape index (κ2) is 8.22. The third kappa shape index (κ3) is 5.19. The number of nitrogens with one attached hydrogen (secondary N) is 1. The van der Waals surface area contributed by atoms with Gasteiger partial charge in [0.25, 0.3) is 0 Å². The number of ether oxygens (including phenoxy) is 1. The molecule has 1 fully saturated rings. The quantitative estimate of drug-likeness (QED) is 0.587. The van der Waals surface area contributed by atoms with Crippen LogP contribution in [0.3, 0.4) is 0 Å². The van der Waals surface area contributed by atoms with Crippen LogP contribution in [0.4, 0.5) is 5.69 Å². The molecule has 0 aliphatic carbocycles. The number of nitrogens with zero attached hydrogens (tertiary/aromatic N) is 2. The van der Waals surface area contributed by atoms with Crippen molar-refractivity contribution in [3.05, 3.63) is 23.8 Å². The van der Waals surface area contributed by atoms with E-state index in [0.29, 0.717) is 6.61 Å². The first-order chi connectivity index (χ1) is 10.2. The van der Waals surface area contributed by atoms with Gasteiger partial charge in [0.1, 0.15) is 5.75 Å². The maximum atomic E-state index is 5.99. The van der Waals surface area contributed by atoms with Gasteiger partial charge in [0.05, 0.1) is 12.3 Å².